The molecule has 2 N–H and O–H groups in total. The minimum atomic E-state index is -0.0466. The van der Waals surface area contributed by atoms with Gasteiger partial charge in [0.15, 0.2) is 0 Å². The highest BCUT2D eigenvalue weighted by molar-refractivity contribution is 5.70. The number of aliphatic hydroxyl groups excluding tert-OH is 1. The molecule has 1 aliphatic rings. The Morgan fingerprint density at radius 2 is 1.90 bits per heavy atom. The molecule has 1 aromatic carbocycles. The van der Waals surface area contributed by atoms with Gasteiger partial charge < -0.3 is 15.3 Å². The van der Waals surface area contributed by atoms with Gasteiger partial charge in [-0.25, -0.2) is 0 Å². The van der Waals surface area contributed by atoms with Crippen LogP contribution in [0.1, 0.15) is 39.5 Å². The van der Waals surface area contributed by atoms with Gasteiger partial charge in [-0.2, -0.15) is 0 Å². The van der Waals surface area contributed by atoms with Crippen LogP contribution in [-0.4, -0.2) is 31.3 Å². The van der Waals surface area contributed by atoms with Crippen LogP contribution in [0.4, 0.5) is 11.4 Å². The first-order chi connectivity index (χ1) is 9.68. The van der Waals surface area contributed by atoms with E-state index in [9.17, 15) is 5.11 Å². The molecule has 112 valence electrons. The smallest absolute Gasteiger partial charge is 0.0602 e. The number of nitrogens with zero attached hydrogens (tertiary/aromatic N) is 1. The van der Waals surface area contributed by atoms with E-state index in [1.54, 1.807) is 0 Å². The van der Waals surface area contributed by atoms with Gasteiger partial charge in [0.25, 0.3) is 0 Å². The van der Waals surface area contributed by atoms with Crippen LogP contribution in [0, 0.1) is 5.41 Å². The molecule has 0 aliphatic carbocycles. The highest BCUT2D eigenvalue weighted by Crippen LogP contribution is 2.30. The Morgan fingerprint density at radius 1 is 1.20 bits per heavy atom. The number of anilines is 2. The number of hydrogen-bond acceptors (Lipinski definition) is 3. The second-order valence-electron chi connectivity index (χ2n) is 6.24. The first kappa shape index (κ1) is 15.2. The van der Waals surface area contributed by atoms with E-state index in [1.165, 1.54) is 30.6 Å². The van der Waals surface area contributed by atoms with E-state index < -0.39 is 0 Å². The molecular weight excluding hydrogens is 248 g/mol. The third-order valence-electron chi connectivity index (χ3n) is 4.54. The summed E-state index contributed by atoms with van der Waals surface area (Å²) in [6.07, 6.45) is 4.90. The largest absolute Gasteiger partial charge is 0.396 e. The van der Waals surface area contributed by atoms with Crippen LogP contribution in [0.25, 0.3) is 0 Å². The third-order valence-corrected chi connectivity index (χ3v) is 4.54. The maximum Gasteiger partial charge on any atom is 0.0602 e. The highest BCUT2D eigenvalue weighted by Gasteiger charge is 2.21. The second-order valence-corrected chi connectivity index (χ2v) is 6.24. The highest BCUT2D eigenvalue weighted by atomic mass is 16.3. The number of rotatable bonds is 6. The van der Waals surface area contributed by atoms with Gasteiger partial charge in [-0.3, -0.25) is 0 Å². The zero-order valence-corrected chi connectivity index (χ0v) is 12.9. The molecule has 0 aromatic heterocycles. The summed E-state index contributed by atoms with van der Waals surface area (Å²) in [5.41, 5.74) is 2.46. The van der Waals surface area contributed by atoms with Crippen LogP contribution in [-0.2, 0) is 0 Å². The van der Waals surface area contributed by atoms with Crippen molar-refractivity contribution in [3.8, 4) is 0 Å². The zero-order chi connectivity index (χ0) is 14.4. The van der Waals surface area contributed by atoms with Gasteiger partial charge in [-0.15, -0.1) is 0 Å². The topological polar surface area (TPSA) is 35.5 Å². The first-order valence-electron chi connectivity index (χ1n) is 7.87. The molecule has 0 saturated carbocycles. The van der Waals surface area contributed by atoms with Crippen molar-refractivity contribution in [3.63, 3.8) is 0 Å². The quantitative estimate of drug-likeness (QED) is 0.835. The third kappa shape index (κ3) is 3.66. The number of benzene rings is 1. The summed E-state index contributed by atoms with van der Waals surface area (Å²) in [5.74, 6) is 0. The molecule has 1 heterocycles. The Morgan fingerprint density at radius 3 is 2.55 bits per heavy atom. The van der Waals surface area contributed by atoms with E-state index in [2.05, 4.69) is 48.3 Å². The van der Waals surface area contributed by atoms with Crippen molar-refractivity contribution >= 4 is 11.4 Å². The predicted octanol–water partition coefficient (Wildman–Crippen LogP) is 3.50. The molecule has 20 heavy (non-hydrogen) atoms. The average molecular weight is 276 g/mol. The normalized spacial score (nSPS) is 18.6. The molecule has 2 rings (SSSR count). The molecule has 1 saturated heterocycles. The Kier molecular flexibility index (Phi) is 5.30. The molecule has 3 nitrogen and oxygen atoms in total. The molecule has 0 radical (unpaired) electrons. The van der Waals surface area contributed by atoms with Gasteiger partial charge in [-0.05, 0) is 37.8 Å². The molecule has 0 spiro atoms. The Bertz CT molecular complexity index is 409. The fraction of sp³-hybridized carbons (Fsp3) is 0.647. The predicted molar refractivity (Wildman–Crippen MR) is 86.5 cm³/mol. The van der Waals surface area contributed by atoms with Crippen LogP contribution in [0.3, 0.4) is 0 Å². The van der Waals surface area contributed by atoms with Crippen LogP contribution < -0.4 is 10.2 Å². The fourth-order valence-corrected chi connectivity index (χ4v) is 2.64. The number of nitrogens with one attached hydrogen (secondary N) is 1. The van der Waals surface area contributed by atoms with E-state index in [-0.39, 0.29) is 12.0 Å². The van der Waals surface area contributed by atoms with Gasteiger partial charge in [0.05, 0.1) is 18.0 Å². The second kappa shape index (κ2) is 6.98. The van der Waals surface area contributed by atoms with Crippen LogP contribution in [0.15, 0.2) is 24.3 Å². The van der Waals surface area contributed by atoms with Crippen molar-refractivity contribution in [2.75, 3.05) is 36.5 Å². The number of piperidine rings is 1. The van der Waals surface area contributed by atoms with Crippen LogP contribution in [0.5, 0.6) is 0 Å². The van der Waals surface area contributed by atoms with E-state index in [0.29, 0.717) is 0 Å². The van der Waals surface area contributed by atoms with E-state index in [0.717, 1.165) is 26.1 Å². The van der Waals surface area contributed by atoms with Gasteiger partial charge in [0.1, 0.15) is 0 Å². The summed E-state index contributed by atoms with van der Waals surface area (Å²) in [4.78, 5) is 2.48. The lowest BCUT2D eigenvalue weighted by atomic mass is 9.88. The summed E-state index contributed by atoms with van der Waals surface area (Å²) in [6.45, 7) is 7.61. The van der Waals surface area contributed by atoms with Gasteiger partial charge in [-0.1, -0.05) is 26.0 Å². The Labute approximate surface area is 123 Å². The lowest BCUT2D eigenvalue weighted by molar-refractivity contribution is 0.149. The summed E-state index contributed by atoms with van der Waals surface area (Å²) in [6, 6.07) is 8.55. The molecule has 3 heteroatoms. The lowest BCUT2D eigenvalue weighted by Crippen LogP contribution is -2.32. The van der Waals surface area contributed by atoms with Crippen LogP contribution in [0.2, 0.25) is 0 Å². The van der Waals surface area contributed by atoms with E-state index in [1.807, 2.05) is 0 Å². The zero-order valence-electron chi connectivity index (χ0n) is 12.9. The first-order valence-corrected chi connectivity index (χ1v) is 7.87. The fourth-order valence-electron chi connectivity index (χ4n) is 2.64. The lowest BCUT2D eigenvalue weighted by Gasteiger charge is -2.32. The number of aliphatic hydroxyl groups is 1. The van der Waals surface area contributed by atoms with Crippen molar-refractivity contribution < 1.29 is 5.11 Å². The molecule has 0 bridgehead atoms. The summed E-state index contributed by atoms with van der Waals surface area (Å²) < 4.78 is 0. The minimum Gasteiger partial charge on any atom is -0.396 e. The van der Waals surface area contributed by atoms with Crippen molar-refractivity contribution in [2.24, 2.45) is 5.41 Å². The minimum absolute atomic E-state index is 0.0466. The molecule has 1 fully saturated rings. The van der Waals surface area contributed by atoms with Gasteiger partial charge in [0.2, 0.25) is 0 Å². The van der Waals surface area contributed by atoms with Crippen molar-refractivity contribution in [3.05, 3.63) is 24.3 Å². The van der Waals surface area contributed by atoms with E-state index >= 15 is 0 Å². The van der Waals surface area contributed by atoms with Gasteiger partial charge >= 0.3 is 0 Å². The van der Waals surface area contributed by atoms with Crippen molar-refractivity contribution in [1.29, 1.82) is 0 Å². The van der Waals surface area contributed by atoms with Gasteiger partial charge in [0, 0.05) is 25.0 Å². The summed E-state index contributed by atoms with van der Waals surface area (Å²) in [5, 5.41) is 13.1. The average Bonchev–Trinajstić information content (AvgIpc) is 2.54. The summed E-state index contributed by atoms with van der Waals surface area (Å²) in [7, 11) is 0. The standard InChI is InChI=1S/C17H28N2O/c1-3-17(2,14-20)13-18-15-9-5-6-10-16(15)19-11-7-4-8-12-19/h5-6,9-10,18,20H,3-4,7-8,11-14H2,1-2H3. The maximum absolute atomic E-state index is 9.53. The number of para-hydroxylation sites is 2. The number of hydrogen-bond donors (Lipinski definition) is 2. The monoisotopic (exact) mass is 276 g/mol. The van der Waals surface area contributed by atoms with E-state index in [4.69, 9.17) is 0 Å². The maximum atomic E-state index is 9.53. The molecule has 1 unspecified atom stereocenters. The SMILES string of the molecule is CCC(C)(CO)CNc1ccccc1N1CCCCC1. The van der Waals surface area contributed by atoms with Crippen LogP contribution >= 0.6 is 0 Å². The Hall–Kier alpha value is -1.22. The van der Waals surface area contributed by atoms with Crippen molar-refractivity contribution in [2.45, 2.75) is 39.5 Å². The Balaban J connectivity index is 2.07. The summed E-state index contributed by atoms with van der Waals surface area (Å²) >= 11 is 0. The molecule has 1 aliphatic heterocycles. The molecule has 0 amide bonds. The van der Waals surface area contributed by atoms with Crippen molar-refractivity contribution in [1.82, 2.24) is 0 Å². The molecule has 1 aromatic rings. The molecular formula is C17H28N2O. The molecule has 1 atom stereocenters.